The van der Waals surface area contributed by atoms with Gasteiger partial charge in [-0.1, -0.05) is 6.07 Å². The van der Waals surface area contributed by atoms with Crippen molar-refractivity contribution in [3.05, 3.63) is 54.0 Å². The molecule has 4 nitrogen and oxygen atoms in total. The molecule has 0 aliphatic rings. The average Bonchev–Trinajstić information content (AvgIpc) is 2.94. The van der Waals surface area contributed by atoms with E-state index in [-0.39, 0.29) is 5.82 Å². The number of carbonyl (C=O) groups is 1. The molecule has 0 unspecified atom stereocenters. The molecule has 20 heavy (non-hydrogen) atoms. The molecule has 0 bridgehead atoms. The van der Waals surface area contributed by atoms with Crippen LogP contribution in [0.1, 0.15) is 10.4 Å². The van der Waals surface area contributed by atoms with Crippen molar-refractivity contribution in [3.8, 4) is 11.1 Å². The molecule has 0 aliphatic carbocycles. The number of benzene rings is 2. The summed E-state index contributed by atoms with van der Waals surface area (Å²) in [6.07, 6.45) is 1.67. The normalized spacial score (nSPS) is 10.7. The van der Waals surface area contributed by atoms with Crippen LogP contribution < -0.4 is 0 Å². The van der Waals surface area contributed by atoms with Crippen LogP contribution in [0.25, 0.3) is 22.0 Å². The summed E-state index contributed by atoms with van der Waals surface area (Å²) in [6.45, 7) is 0. The number of methoxy groups -OCH3 is 1. The van der Waals surface area contributed by atoms with Gasteiger partial charge in [0.05, 0.1) is 24.4 Å². The lowest BCUT2D eigenvalue weighted by molar-refractivity contribution is 0.0600. The van der Waals surface area contributed by atoms with Crippen LogP contribution in [0.5, 0.6) is 0 Å². The van der Waals surface area contributed by atoms with E-state index < -0.39 is 5.97 Å². The van der Waals surface area contributed by atoms with Gasteiger partial charge < -0.3 is 4.74 Å². The molecule has 5 heteroatoms. The molecule has 0 saturated heterocycles. The molecule has 1 aromatic heterocycles. The van der Waals surface area contributed by atoms with E-state index in [0.29, 0.717) is 16.7 Å². The Kier molecular flexibility index (Phi) is 2.95. The Hall–Kier alpha value is -2.69. The fourth-order valence-corrected chi connectivity index (χ4v) is 2.10. The topological polar surface area (TPSA) is 55.0 Å². The molecule has 1 heterocycles. The zero-order chi connectivity index (χ0) is 14.1. The van der Waals surface area contributed by atoms with Gasteiger partial charge in [0.15, 0.2) is 0 Å². The molecule has 0 radical (unpaired) electrons. The summed E-state index contributed by atoms with van der Waals surface area (Å²) in [5.74, 6) is -0.879. The van der Waals surface area contributed by atoms with Crippen LogP contribution in [0.2, 0.25) is 0 Å². The highest BCUT2D eigenvalue weighted by Gasteiger charge is 2.12. The molecule has 3 rings (SSSR count). The lowest BCUT2D eigenvalue weighted by Crippen LogP contribution is -2.01. The zero-order valence-electron chi connectivity index (χ0n) is 10.7. The number of aromatic amines is 1. The summed E-state index contributed by atoms with van der Waals surface area (Å²) < 4.78 is 18.6. The number of aromatic nitrogens is 2. The number of esters is 1. The molecule has 0 amide bonds. The number of hydrogen-bond acceptors (Lipinski definition) is 3. The van der Waals surface area contributed by atoms with Gasteiger partial charge in [0, 0.05) is 10.9 Å². The second-order valence-corrected chi connectivity index (χ2v) is 4.36. The third-order valence-electron chi connectivity index (χ3n) is 3.14. The van der Waals surface area contributed by atoms with Gasteiger partial charge >= 0.3 is 5.97 Å². The maximum absolute atomic E-state index is 14.0. The molecule has 3 aromatic rings. The van der Waals surface area contributed by atoms with E-state index in [9.17, 15) is 9.18 Å². The summed E-state index contributed by atoms with van der Waals surface area (Å²) in [7, 11) is 1.29. The van der Waals surface area contributed by atoms with E-state index in [1.54, 1.807) is 12.3 Å². The van der Waals surface area contributed by atoms with Crippen molar-refractivity contribution in [2.75, 3.05) is 7.11 Å². The number of fused-ring (bicyclic) bond motifs is 1. The second-order valence-electron chi connectivity index (χ2n) is 4.36. The Morgan fingerprint density at radius 1 is 1.25 bits per heavy atom. The number of hydrogen-bond donors (Lipinski definition) is 1. The predicted octanol–water partition coefficient (Wildman–Crippen LogP) is 3.16. The lowest BCUT2D eigenvalue weighted by Gasteiger charge is -2.06. The molecule has 0 spiro atoms. The SMILES string of the molecule is COC(=O)c1ccc(F)c(-c2ccc3[nH]ncc3c2)c1. The first-order valence-electron chi connectivity index (χ1n) is 6.00. The first-order valence-corrected chi connectivity index (χ1v) is 6.00. The second kappa shape index (κ2) is 4.77. The molecule has 0 aliphatic heterocycles. The molecule has 0 saturated carbocycles. The molecule has 1 N–H and O–H groups in total. The third-order valence-corrected chi connectivity index (χ3v) is 3.14. The van der Waals surface area contributed by atoms with Crippen LogP contribution in [0, 0.1) is 5.82 Å². The minimum atomic E-state index is -0.490. The third kappa shape index (κ3) is 2.03. The monoisotopic (exact) mass is 270 g/mol. The summed E-state index contributed by atoms with van der Waals surface area (Å²) in [5, 5.41) is 7.64. The smallest absolute Gasteiger partial charge is 0.337 e. The van der Waals surface area contributed by atoms with Crippen molar-refractivity contribution in [1.29, 1.82) is 0 Å². The van der Waals surface area contributed by atoms with Crippen molar-refractivity contribution >= 4 is 16.9 Å². The van der Waals surface area contributed by atoms with Crippen molar-refractivity contribution in [2.24, 2.45) is 0 Å². The lowest BCUT2D eigenvalue weighted by atomic mass is 10.0. The van der Waals surface area contributed by atoms with E-state index in [1.807, 2.05) is 12.1 Å². The number of halogens is 1. The van der Waals surface area contributed by atoms with Gasteiger partial charge in [-0.15, -0.1) is 0 Å². The number of ether oxygens (including phenoxy) is 1. The van der Waals surface area contributed by atoms with Gasteiger partial charge in [-0.3, -0.25) is 5.10 Å². The van der Waals surface area contributed by atoms with Crippen LogP contribution in [-0.2, 0) is 4.74 Å². The standard InChI is InChI=1S/C15H11FN2O2/c1-20-15(19)10-2-4-13(16)12(7-10)9-3-5-14-11(6-9)8-17-18-14/h2-8H,1H3,(H,17,18). The van der Waals surface area contributed by atoms with E-state index in [4.69, 9.17) is 0 Å². The van der Waals surface area contributed by atoms with E-state index in [0.717, 1.165) is 10.9 Å². The van der Waals surface area contributed by atoms with Crippen LogP contribution in [0.3, 0.4) is 0 Å². The maximum Gasteiger partial charge on any atom is 0.337 e. The maximum atomic E-state index is 14.0. The largest absolute Gasteiger partial charge is 0.465 e. The van der Waals surface area contributed by atoms with Gasteiger partial charge in [0.1, 0.15) is 5.82 Å². The summed E-state index contributed by atoms with van der Waals surface area (Å²) in [4.78, 5) is 11.5. The Morgan fingerprint density at radius 2 is 2.10 bits per heavy atom. The Balaban J connectivity index is 2.14. The van der Waals surface area contributed by atoms with Gasteiger partial charge in [0.2, 0.25) is 0 Å². The Bertz CT molecular complexity index is 795. The van der Waals surface area contributed by atoms with Crippen molar-refractivity contribution < 1.29 is 13.9 Å². The number of nitrogens with zero attached hydrogens (tertiary/aromatic N) is 1. The average molecular weight is 270 g/mol. The number of nitrogens with one attached hydrogen (secondary N) is 1. The van der Waals surface area contributed by atoms with Gasteiger partial charge in [-0.2, -0.15) is 5.10 Å². The van der Waals surface area contributed by atoms with Crippen molar-refractivity contribution in [3.63, 3.8) is 0 Å². The summed E-state index contributed by atoms with van der Waals surface area (Å²) in [5.41, 5.74) is 2.23. The molecule has 100 valence electrons. The predicted molar refractivity (Wildman–Crippen MR) is 72.8 cm³/mol. The van der Waals surface area contributed by atoms with Gasteiger partial charge in [-0.25, -0.2) is 9.18 Å². The first-order chi connectivity index (χ1) is 9.69. The molecular weight excluding hydrogens is 259 g/mol. The van der Waals surface area contributed by atoms with Crippen molar-refractivity contribution in [2.45, 2.75) is 0 Å². The van der Waals surface area contributed by atoms with E-state index in [1.165, 1.54) is 25.3 Å². The molecule has 0 fully saturated rings. The Morgan fingerprint density at radius 3 is 2.90 bits per heavy atom. The van der Waals surface area contributed by atoms with Crippen LogP contribution >= 0.6 is 0 Å². The first kappa shape index (κ1) is 12.3. The highest BCUT2D eigenvalue weighted by Crippen LogP contribution is 2.27. The quantitative estimate of drug-likeness (QED) is 0.728. The fourth-order valence-electron chi connectivity index (χ4n) is 2.10. The minimum absolute atomic E-state index is 0.316. The van der Waals surface area contributed by atoms with Crippen LogP contribution in [-0.4, -0.2) is 23.3 Å². The van der Waals surface area contributed by atoms with Crippen molar-refractivity contribution in [1.82, 2.24) is 10.2 Å². The zero-order valence-corrected chi connectivity index (χ0v) is 10.7. The fraction of sp³-hybridized carbons (Fsp3) is 0.0667. The van der Waals surface area contributed by atoms with Crippen LogP contribution in [0.15, 0.2) is 42.6 Å². The number of H-pyrrole nitrogens is 1. The van der Waals surface area contributed by atoms with Gasteiger partial charge in [-0.05, 0) is 35.9 Å². The van der Waals surface area contributed by atoms with Gasteiger partial charge in [0.25, 0.3) is 0 Å². The molecule has 0 atom stereocenters. The highest BCUT2D eigenvalue weighted by atomic mass is 19.1. The number of carbonyl (C=O) groups excluding carboxylic acids is 1. The summed E-state index contributed by atoms with van der Waals surface area (Å²) >= 11 is 0. The highest BCUT2D eigenvalue weighted by molar-refractivity contribution is 5.92. The van der Waals surface area contributed by atoms with Crippen LogP contribution in [0.4, 0.5) is 4.39 Å². The molecular formula is C15H11FN2O2. The van der Waals surface area contributed by atoms with E-state index >= 15 is 0 Å². The minimum Gasteiger partial charge on any atom is -0.465 e. The number of rotatable bonds is 2. The van der Waals surface area contributed by atoms with E-state index in [2.05, 4.69) is 14.9 Å². The summed E-state index contributed by atoms with van der Waals surface area (Å²) in [6, 6.07) is 9.57. The Labute approximate surface area is 114 Å². The molecule has 2 aromatic carbocycles.